The average molecular weight is 281 g/mol. The Balaban J connectivity index is 1.72. The van der Waals surface area contributed by atoms with Crippen molar-refractivity contribution >= 4 is 33.3 Å². The van der Waals surface area contributed by atoms with Crippen molar-refractivity contribution in [3.8, 4) is 0 Å². The molecule has 1 aliphatic heterocycles. The molecule has 3 rings (SSSR count). The van der Waals surface area contributed by atoms with Crippen LogP contribution in [0.1, 0.15) is 18.7 Å². The second kappa shape index (κ2) is 5.42. The Kier molecular flexibility index (Phi) is 3.67. The topological polar surface area (TPSA) is 57.8 Å². The van der Waals surface area contributed by atoms with Gasteiger partial charge in [0.2, 0.25) is 0 Å². The summed E-state index contributed by atoms with van der Waals surface area (Å²) in [6.07, 6.45) is 2.41. The van der Waals surface area contributed by atoms with Gasteiger partial charge in [0.1, 0.15) is 10.5 Å². The summed E-state index contributed by atoms with van der Waals surface area (Å²) in [6.45, 7) is 0.649. The number of hydrogen-bond donors (Lipinski definition) is 2. The first-order chi connectivity index (χ1) is 8.83. The number of aromatic nitrogens is 2. The van der Waals surface area contributed by atoms with Crippen LogP contribution in [0.15, 0.2) is 16.2 Å². The summed E-state index contributed by atoms with van der Waals surface area (Å²) < 4.78 is 0.716. The standard InChI is InChI=1S/C12H15N3OS2/c16-12-11-9(3-6-18-11)14-10(15-12)7-13-8-1-4-17-5-2-8/h3,6,8,13H,1-2,4-5,7H2,(H,14,15,16). The van der Waals surface area contributed by atoms with E-state index in [0.29, 0.717) is 17.3 Å². The van der Waals surface area contributed by atoms with Gasteiger partial charge in [0.05, 0.1) is 12.1 Å². The van der Waals surface area contributed by atoms with E-state index in [1.807, 2.05) is 23.2 Å². The van der Waals surface area contributed by atoms with Gasteiger partial charge in [-0.1, -0.05) is 0 Å². The normalized spacial score (nSPS) is 17.3. The first-order valence-electron chi connectivity index (χ1n) is 6.10. The number of nitrogens with one attached hydrogen (secondary N) is 2. The van der Waals surface area contributed by atoms with E-state index in [2.05, 4.69) is 15.3 Å². The van der Waals surface area contributed by atoms with E-state index in [1.54, 1.807) is 0 Å². The summed E-state index contributed by atoms with van der Waals surface area (Å²) in [5.74, 6) is 3.19. The van der Waals surface area contributed by atoms with Crippen LogP contribution in [-0.2, 0) is 6.54 Å². The van der Waals surface area contributed by atoms with E-state index in [0.717, 1.165) is 11.3 Å². The summed E-state index contributed by atoms with van der Waals surface area (Å²) in [7, 11) is 0. The van der Waals surface area contributed by atoms with Crippen molar-refractivity contribution in [3.05, 3.63) is 27.6 Å². The fourth-order valence-corrected chi connectivity index (χ4v) is 3.98. The Morgan fingerprint density at radius 1 is 1.44 bits per heavy atom. The molecule has 96 valence electrons. The number of aromatic amines is 1. The van der Waals surface area contributed by atoms with E-state index >= 15 is 0 Å². The number of nitrogens with zero attached hydrogens (tertiary/aromatic N) is 1. The van der Waals surface area contributed by atoms with Crippen molar-refractivity contribution in [1.29, 1.82) is 0 Å². The SMILES string of the molecule is O=c1[nH]c(CNC2CCSCC2)nc2ccsc12. The molecule has 1 aliphatic rings. The predicted octanol–water partition coefficient (Wildman–Crippen LogP) is 1.97. The molecule has 0 saturated carbocycles. The van der Waals surface area contributed by atoms with Gasteiger partial charge in [0, 0.05) is 6.04 Å². The van der Waals surface area contributed by atoms with Crippen LogP contribution in [0.25, 0.3) is 10.2 Å². The van der Waals surface area contributed by atoms with Gasteiger partial charge in [-0.15, -0.1) is 11.3 Å². The highest BCUT2D eigenvalue weighted by molar-refractivity contribution is 7.99. The monoisotopic (exact) mass is 281 g/mol. The molecule has 6 heteroatoms. The van der Waals surface area contributed by atoms with E-state index in [4.69, 9.17) is 0 Å². The van der Waals surface area contributed by atoms with Crippen LogP contribution in [0.5, 0.6) is 0 Å². The third-order valence-electron chi connectivity index (χ3n) is 3.14. The fourth-order valence-electron chi connectivity index (χ4n) is 2.15. The van der Waals surface area contributed by atoms with Crippen molar-refractivity contribution in [1.82, 2.24) is 15.3 Å². The smallest absolute Gasteiger partial charge is 0.268 e. The van der Waals surface area contributed by atoms with Crippen LogP contribution >= 0.6 is 23.1 Å². The van der Waals surface area contributed by atoms with Gasteiger partial charge in [-0.05, 0) is 35.8 Å². The lowest BCUT2D eigenvalue weighted by Crippen LogP contribution is -2.33. The third-order valence-corrected chi connectivity index (χ3v) is 5.09. The summed E-state index contributed by atoms with van der Waals surface area (Å²) in [4.78, 5) is 19.1. The molecular weight excluding hydrogens is 266 g/mol. The molecule has 18 heavy (non-hydrogen) atoms. The lowest BCUT2D eigenvalue weighted by atomic mass is 10.1. The first-order valence-corrected chi connectivity index (χ1v) is 8.14. The van der Waals surface area contributed by atoms with Crippen LogP contribution in [0, 0.1) is 0 Å². The number of H-pyrrole nitrogens is 1. The Morgan fingerprint density at radius 2 is 2.28 bits per heavy atom. The molecule has 0 unspecified atom stereocenters. The van der Waals surface area contributed by atoms with Crippen LogP contribution in [0.3, 0.4) is 0 Å². The fraction of sp³-hybridized carbons (Fsp3) is 0.500. The molecule has 1 saturated heterocycles. The van der Waals surface area contributed by atoms with Gasteiger partial charge < -0.3 is 10.3 Å². The van der Waals surface area contributed by atoms with Crippen LogP contribution in [0.4, 0.5) is 0 Å². The molecule has 0 bridgehead atoms. The molecule has 3 heterocycles. The van der Waals surface area contributed by atoms with Crippen molar-refractivity contribution in [2.75, 3.05) is 11.5 Å². The summed E-state index contributed by atoms with van der Waals surface area (Å²) >= 11 is 3.45. The van der Waals surface area contributed by atoms with E-state index in [9.17, 15) is 4.79 Å². The molecule has 1 fully saturated rings. The maximum Gasteiger partial charge on any atom is 0.268 e. The van der Waals surface area contributed by atoms with E-state index in [1.165, 1.54) is 35.7 Å². The second-order valence-corrected chi connectivity index (χ2v) is 6.56. The summed E-state index contributed by atoms with van der Waals surface area (Å²) in [6, 6.07) is 2.46. The molecule has 2 aromatic rings. The minimum Gasteiger partial charge on any atom is -0.308 e. The Hall–Kier alpha value is -0.850. The Morgan fingerprint density at radius 3 is 3.11 bits per heavy atom. The minimum atomic E-state index is -0.0222. The highest BCUT2D eigenvalue weighted by Gasteiger charge is 2.13. The Bertz CT molecular complexity index is 586. The molecule has 0 radical (unpaired) electrons. The predicted molar refractivity (Wildman–Crippen MR) is 77.4 cm³/mol. The molecule has 2 aromatic heterocycles. The van der Waals surface area contributed by atoms with Crippen LogP contribution < -0.4 is 10.9 Å². The number of fused-ring (bicyclic) bond motifs is 1. The van der Waals surface area contributed by atoms with Crippen molar-refractivity contribution in [3.63, 3.8) is 0 Å². The molecule has 0 spiro atoms. The zero-order valence-electron chi connectivity index (χ0n) is 9.94. The largest absolute Gasteiger partial charge is 0.308 e. The molecule has 0 aliphatic carbocycles. The third kappa shape index (κ3) is 2.60. The van der Waals surface area contributed by atoms with Crippen LogP contribution in [-0.4, -0.2) is 27.5 Å². The number of thioether (sulfide) groups is 1. The van der Waals surface area contributed by atoms with E-state index in [-0.39, 0.29) is 5.56 Å². The highest BCUT2D eigenvalue weighted by Crippen LogP contribution is 2.17. The molecule has 2 N–H and O–H groups in total. The van der Waals surface area contributed by atoms with Gasteiger partial charge in [-0.2, -0.15) is 11.8 Å². The summed E-state index contributed by atoms with van der Waals surface area (Å²) in [5.41, 5.74) is 0.783. The second-order valence-electron chi connectivity index (χ2n) is 4.42. The highest BCUT2D eigenvalue weighted by atomic mass is 32.2. The average Bonchev–Trinajstić information content (AvgIpc) is 2.86. The number of hydrogen-bond acceptors (Lipinski definition) is 5. The Labute approximate surface area is 113 Å². The quantitative estimate of drug-likeness (QED) is 0.903. The number of thiophene rings is 1. The van der Waals surface area contributed by atoms with Gasteiger partial charge >= 0.3 is 0 Å². The first kappa shape index (κ1) is 12.2. The van der Waals surface area contributed by atoms with Crippen molar-refractivity contribution < 1.29 is 0 Å². The van der Waals surface area contributed by atoms with Gasteiger partial charge in [0.25, 0.3) is 5.56 Å². The van der Waals surface area contributed by atoms with Crippen molar-refractivity contribution in [2.24, 2.45) is 0 Å². The molecule has 0 aromatic carbocycles. The van der Waals surface area contributed by atoms with E-state index < -0.39 is 0 Å². The lowest BCUT2D eigenvalue weighted by molar-refractivity contribution is 0.474. The minimum absolute atomic E-state index is 0.0222. The van der Waals surface area contributed by atoms with Crippen LogP contribution in [0.2, 0.25) is 0 Å². The zero-order valence-corrected chi connectivity index (χ0v) is 11.6. The number of rotatable bonds is 3. The maximum absolute atomic E-state index is 11.8. The molecule has 4 nitrogen and oxygen atoms in total. The molecular formula is C12H15N3OS2. The molecule has 0 amide bonds. The van der Waals surface area contributed by atoms with Crippen molar-refractivity contribution in [2.45, 2.75) is 25.4 Å². The van der Waals surface area contributed by atoms with Gasteiger partial charge in [0.15, 0.2) is 0 Å². The van der Waals surface area contributed by atoms with Gasteiger partial charge in [-0.25, -0.2) is 4.98 Å². The summed E-state index contributed by atoms with van der Waals surface area (Å²) in [5, 5.41) is 5.38. The van der Waals surface area contributed by atoms with Gasteiger partial charge in [-0.3, -0.25) is 4.79 Å². The zero-order chi connectivity index (χ0) is 12.4. The maximum atomic E-state index is 11.8. The molecule has 0 atom stereocenters. The lowest BCUT2D eigenvalue weighted by Gasteiger charge is -2.22.